The number of amides is 1. The van der Waals surface area contributed by atoms with Crippen LogP contribution in [0.1, 0.15) is 29.6 Å². The summed E-state index contributed by atoms with van der Waals surface area (Å²) in [7, 11) is 2.09. The van der Waals surface area contributed by atoms with Gasteiger partial charge in [-0.05, 0) is 32.5 Å². The molecule has 0 bridgehead atoms. The summed E-state index contributed by atoms with van der Waals surface area (Å²) in [5.41, 5.74) is 0.438. The third kappa shape index (κ3) is 3.81. The number of nitrogens with zero attached hydrogens (tertiary/aromatic N) is 2. The fourth-order valence-electron chi connectivity index (χ4n) is 2.26. The van der Waals surface area contributed by atoms with Gasteiger partial charge in [-0.25, -0.2) is 4.98 Å². The first kappa shape index (κ1) is 14.6. The van der Waals surface area contributed by atoms with Crippen LogP contribution >= 0.6 is 23.2 Å². The first-order chi connectivity index (χ1) is 9.08. The van der Waals surface area contributed by atoms with E-state index in [4.69, 9.17) is 23.2 Å². The fraction of sp³-hybridized carbons (Fsp3) is 0.538. The van der Waals surface area contributed by atoms with E-state index in [1.807, 2.05) is 0 Å². The molecule has 104 valence electrons. The van der Waals surface area contributed by atoms with E-state index in [1.54, 1.807) is 0 Å². The number of halogens is 2. The third-order valence-corrected chi connectivity index (χ3v) is 4.16. The zero-order chi connectivity index (χ0) is 13.8. The molecule has 0 aliphatic carbocycles. The van der Waals surface area contributed by atoms with E-state index < -0.39 is 0 Å². The van der Waals surface area contributed by atoms with Crippen molar-refractivity contribution in [1.82, 2.24) is 15.2 Å². The van der Waals surface area contributed by atoms with Gasteiger partial charge in [-0.1, -0.05) is 29.6 Å². The molecule has 0 aromatic carbocycles. The molecule has 1 saturated heterocycles. The van der Waals surface area contributed by atoms with Crippen LogP contribution in [0.25, 0.3) is 0 Å². The average Bonchev–Trinajstić information content (AvgIpc) is 2.40. The molecule has 0 saturated carbocycles. The second-order valence-electron chi connectivity index (χ2n) is 4.84. The van der Waals surface area contributed by atoms with Crippen molar-refractivity contribution in [1.29, 1.82) is 0 Å². The number of nitrogens with one attached hydrogen (secondary N) is 1. The fourth-order valence-corrected chi connectivity index (χ4v) is 2.53. The standard InChI is InChI=1S/C13H17Cl2N3O/c1-18-5-3-2-4-10(18)8-17-13(19)9-6-11(14)12(15)16-7-9/h6-7,10H,2-5,8H2,1H3,(H,17,19). The van der Waals surface area contributed by atoms with Gasteiger partial charge in [-0.3, -0.25) is 4.79 Å². The highest BCUT2D eigenvalue weighted by molar-refractivity contribution is 6.41. The highest BCUT2D eigenvalue weighted by Gasteiger charge is 2.19. The molecule has 19 heavy (non-hydrogen) atoms. The second-order valence-corrected chi connectivity index (χ2v) is 5.60. The van der Waals surface area contributed by atoms with Gasteiger partial charge in [0.2, 0.25) is 0 Å². The number of aromatic nitrogens is 1. The zero-order valence-corrected chi connectivity index (χ0v) is 12.3. The number of hydrogen-bond acceptors (Lipinski definition) is 3. The number of likely N-dealkylation sites (N-methyl/N-ethyl adjacent to an activating group) is 1. The normalized spacial score (nSPS) is 20.3. The monoisotopic (exact) mass is 301 g/mol. The van der Waals surface area contributed by atoms with Crippen LogP contribution in [-0.4, -0.2) is 42.0 Å². The predicted molar refractivity (Wildman–Crippen MR) is 76.9 cm³/mol. The number of rotatable bonds is 3. The van der Waals surface area contributed by atoms with E-state index in [2.05, 4.69) is 22.2 Å². The zero-order valence-electron chi connectivity index (χ0n) is 10.8. The first-order valence-corrected chi connectivity index (χ1v) is 7.13. The molecule has 1 aliphatic rings. The van der Waals surface area contributed by atoms with Gasteiger partial charge in [0.1, 0.15) is 5.15 Å². The Morgan fingerprint density at radius 3 is 3.00 bits per heavy atom. The Kier molecular flexibility index (Phi) is 5.02. The first-order valence-electron chi connectivity index (χ1n) is 6.37. The van der Waals surface area contributed by atoms with Gasteiger partial charge >= 0.3 is 0 Å². The summed E-state index contributed by atoms with van der Waals surface area (Å²) in [6.07, 6.45) is 5.02. The highest BCUT2D eigenvalue weighted by atomic mass is 35.5. The average molecular weight is 302 g/mol. The van der Waals surface area contributed by atoms with E-state index in [-0.39, 0.29) is 11.1 Å². The Balaban J connectivity index is 1.91. The van der Waals surface area contributed by atoms with Crippen LogP contribution in [0, 0.1) is 0 Å². The summed E-state index contributed by atoms with van der Waals surface area (Å²) in [5.74, 6) is -0.162. The van der Waals surface area contributed by atoms with E-state index in [0.717, 1.165) is 13.0 Å². The minimum atomic E-state index is -0.162. The summed E-state index contributed by atoms with van der Waals surface area (Å²) >= 11 is 11.6. The Morgan fingerprint density at radius 1 is 1.53 bits per heavy atom. The maximum Gasteiger partial charge on any atom is 0.252 e. The van der Waals surface area contributed by atoms with E-state index in [0.29, 0.717) is 23.2 Å². The Bertz CT molecular complexity index is 467. The molecule has 1 atom stereocenters. The molecule has 6 heteroatoms. The van der Waals surface area contributed by atoms with Crippen LogP contribution in [-0.2, 0) is 0 Å². The Hall–Kier alpha value is -0.840. The maximum atomic E-state index is 12.0. The van der Waals surface area contributed by atoms with Crippen molar-refractivity contribution in [3.05, 3.63) is 28.0 Å². The number of pyridine rings is 1. The summed E-state index contributed by atoms with van der Waals surface area (Å²) in [6.45, 7) is 1.74. The summed E-state index contributed by atoms with van der Waals surface area (Å²) < 4.78 is 0. The van der Waals surface area contributed by atoms with Crippen molar-refractivity contribution in [3.8, 4) is 0 Å². The molecule has 1 unspecified atom stereocenters. The largest absolute Gasteiger partial charge is 0.350 e. The molecular weight excluding hydrogens is 285 g/mol. The van der Waals surface area contributed by atoms with Crippen LogP contribution in [0.3, 0.4) is 0 Å². The van der Waals surface area contributed by atoms with Crippen molar-refractivity contribution < 1.29 is 4.79 Å². The van der Waals surface area contributed by atoms with Crippen molar-refractivity contribution in [2.24, 2.45) is 0 Å². The van der Waals surface area contributed by atoms with Crippen molar-refractivity contribution >= 4 is 29.1 Å². The van der Waals surface area contributed by atoms with Gasteiger partial charge < -0.3 is 10.2 Å². The van der Waals surface area contributed by atoms with Crippen LogP contribution in [0.4, 0.5) is 0 Å². The molecule has 1 aromatic heterocycles. The van der Waals surface area contributed by atoms with Crippen LogP contribution in [0.15, 0.2) is 12.3 Å². The van der Waals surface area contributed by atoms with Gasteiger partial charge in [-0.2, -0.15) is 0 Å². The summed E-state index contributed by atoms with van der Waals surface area (Å²) in [6, 6.07) is 1.95. The SMILES string of the molecule is CN1CCCCC1CNC(=O)c1cnc(Cl)c(Cl)c1. The molecule has 1 N–H and O–H groups in total. The molecule has 4 nitrogen and oxygen atoms in total. The molecular formula is C13H17Cl2N3O. The Labute approximate surface area is 123 Å². The lowest BCUT2D eigenvalue weighted by Crippen LogP contribution is -2.44. The molecule has 1 aliphatic heterocycles. The summed E-state index contributed by atoms with van der Waals surface area (Å²) in [4.78, 5) is 18.1. The van der Waals surface area contributed by atoms with Crippen molar-refractivity contribution in [2.75, 3.05) is 20.1 Å². The van der Waals surface area contributed by atoms with E-state index >= 15 is 0 Å². The smallest absolute Gasteiger partial charge is 0.252 e. The molecule has 2 heterocycles. The number of piperidine rings is 1. The van der Waals surface area contributed by atoms with Gasteiger partial charge in [0.25, 0.3) is 5.91 Å². The lowest BCUT2D eigenvalue weighted by atomic mass is 10.0. The van der Waals surface area contributed by atoms with Gasteiger partial charge in [-0.15, -0.1) is 0 Å². The maximum absolute atomic E-state index is 12.0. The van der Waals surface area contributed by atoms with Crippen molar-refractivity contribution in [3.63, 3.8) is 0 Å². The highest BCUT2D eigenvalue weighted by Crippen LogP contribution is 2.19. The third-order valence-electron chi connectivity index (χ3n) is 3.48. The lowest BCUT2D eigenvalue weighted by molar-refractivity contribution is 0.0928. The Morgan fingerprint density at radius 2 is 2.32 bits per heavy atom. The molecule has 0 radical (unpaired) electrons. The quantitative estimate of drug-likeness (QED) is 0.873. The molecule has 1 aromatic rings. The molecule has 0 spiro atoms. The van der Waals surface area contributed by atoms with E-state index in [1.165, 1.54) is 25.1 Å². The van der Waals surface area contributed by atoms with Crippen LogP contribution in [0.2, 0.25) is 10.2 Å². The minimum absolute atomic E-state index is 0.162. The number of carbonyl (C=O) groups excluding carboxylic acids is 1. The molecule has 1 fully saturated rings. The van der Waals surface area contributed by atoms with E-state index in [9.17, 15) is 4.79 Å². The number of hydrogen-bond donors (Lipinski definition) is 1. The predicted octanol–water partition coefficient (Wildman–Crippen LogP) is 2.60. The molecule has 1 amide bonds. The lowest BCUT2D eigenvalue weighted by Gasteiger charge is -2.32. The second kappa shape index (κ2) is 6.55. The van der Waals surface area contributed by atoms with Crippen LogP contribution < -0.4 is 5.32 Å². The van der Waals surface area contributed by atoms with Crippen LogP contribution in [0.5, 0.6) is 0 Å². The number of likely N-dealkylation sites (tertiary alicyclic amines) is 1. The van der Waals surface area contributed by atoms with Gasteiger partial charge in [0.15, 0.2) is 0 Å². The minimum Gasteiger partial charge on any atom is -0.350 e. The topological polar surface area (TPSA) is 45.2 Å². The van der Waals surface area contributed by atoms with Gasteiger partial charge in [0.05, 0.1) is 10.6 Å². The summed E-state index contributed by atoms with van der Waals surface area (Å²) in [5, 5.41) is 3.43. The van der Waals surface area contributed by atoms with Gasteiger partial charge in [0, 0.05) is 18.8 Å². The van der Waals surface area contributed by atoms with Crippen molar-refractivity contribution in [2.45, 2.75) is 25.3 Å². The number of carbonyl (C=O) groups is 1. The molecule has 2 rings (SSSR count).